The Labute approximate surface area is 778 Å². The highest BCUT2D eigenvalue weighted by Gasteiger charge is 2.48. The van der Waals surface area contributed by atoms with Crippen LogP contribution in [0.3, 0.4) is 0 Å². The van der Waals surface area contributed by atoms with Crippen LogP contribution in [0.4, 0.5) is 51.2 Å². The van der Waals surface area contributed by atoms with Crippen molar-refractivity contribution < 1.29 is 4.42 Å². The van der Waals surface area contributed by atoms with E-state index in [4.69, 9.17) is 4.42 Å². The molecule has 9 saturated carbocycles. The number of anilines is 9. The number of para-hydroxylation sites is 1. The monoisotopic (exact) mass is 1710 g/mol. The van der Waals surface area contributed by atoms with Crippen LogP contribution in [0.2, 0.25) is 0 Å². The van der Waals surface area contributed by atoms with Gasteiger partial charge in [0.1, 0.15) is 11.2 Å². The van der Waals surface area contributed by atoms with Gasteiger partial charge in [0.05, 0.1) is 5.41 Å². The highest BCUT2D eigenvalue weighted by atomic mass is 16.3. The van der Waals surface area contributed by atoms with Crippen molar-refractivity contribution in [1.82, 2.24) is 0 Å². The van der Waals surface area contributed by atoms with Gasteiger partial charge in [0.2, 0.25) is 0 Å². The summed E-state index contributed by atoms with van der Waals surface area (Å²) in [5.74, 6) is 9.98. The van der Waals surface area contributed by atoms with Crippen molar-refractivity contribution in [2.24, 2.45) is 35.5 Å². The maximum Gasteiger partial charge on any atom is 0.137 e. The third-order valence-electron chi connectivity index (χ3n) is 34.8. The fourth-order valence-electron chi connectivity index (χ4n) is 28.2. The van der Waals surface area contributed by atoms with Gasteiger partial charge in [-0.2, -0.15) is 0 Å². The zero-order valence-corrected chi connectivity index (χ0v) is 77.0. The lowest BCUT2D eigenvalue weighted by Gasteiger charge is -2.35. The van der Waals surface area contributed by atoms with E-state index in [2.05, 4.69) is 356 Å². The summed E-state index contributed by atoms with van der Waals surface area (Å²) in [6.45, 7) is 4.77. The average molecular weight is 1710 g/mol. The van der Waals surface area contributed by atoms with Crippen LogP contribution in [0.5, 0.6) is 0 Å². The molecule has 1 heterocycles. The zero-order valence-electron chi connectivity index (χ0n) is 77.0. The molecule has 11 aliphatic carbocycles. The Balaban J connectivity index is 0.000000110. The van der Waals surface area contributed by atoms with Crippen molar-refractivity contribution >= 4 is 73.1 Å². The number of hydrogen-bond acceptors (Lipinski definition) is 4. The molecule has 0 aliphatic heterocycles. The highest BCUT2D eigenvalue weighted by molar-refractivity contribution is 6.06. The molecular formula is C127H127N3O. The minimum Gasteiger partial charge on any atom is -0.456 e. The predicted molar refractivity (Wildman–Crippen MR) is 548 cm³/mol. The van der Waals surface area contributed by atoms with Crippen molar-refractivity contribution in [2.45, 2.75) is 234 Å². The van der Waals surface area contributed by atoms with Gasteiger partial charge in [-0.25, -0.2) is 0 Å². The fourth-order valence-corrected chi connectivity index (χ4v) is 28.2. The van der Waals surface area contributed by atoms with Crippen LogP contribution in [-0.4, -0.2) is 0 Å². The first-order valence-corrected chi connectivity index (χ1v) is 51.1. The lowest BCUT2D eigenvalue weighted by Crippen LogP contribution is -2.28. The van der Waals surface area contributed by atoms with Crippen molar-refractivity contribution in [3.05, 3.63) is 400 Å². The van der Waals surface area contributed by atoms with Crippen molar-refractivity contribution in [2.75, 3.05) is 14.7 Å². The first kappa shape index (κ1) is 82.4. The molecule has 0 amide bonds. The topological polar surface area (TPSA) is 22.9 Å². The third-order valence-corrected chi connectivity index (χ3v) is 34.8. The van der Waals surface area contributed by atoms with Gasteiger partial charge >= 0.3 is 0 Å². The Morgan fingerprint density at radius 3 is 0.939 bits per heavy atom. The van der Waals surface area contributed by atoms with E-state index in [9.17, 15) is 0 Å². The quantitative estimate of drug-likeness (QED) is 0.0906. The van der Waals surface area contributed by atoms with E-state index in [1.807, 2.05) is 6.07 Å². The summed E-state index contributed by atoms with van der Waals surface area (Å²) in [6, 6.07) is 127. The van der Waals surface area contributed by atoms with Crippen LogP contribution in [0.1, 0.15) is 289 Å². The van der Waals surface area contributed by atoms with Gasteiger partial charge in [0.15, 0.2) is 0 Å². The van der Waals surface area contributed by atoms with Crippen molar-refractivity contribution in [3.63, 3.8) is 0 Å². The molecule has 0 N–H and O–H groups in total. The average Bonchev–Trinajstić information content (AvgIpc) is 1.54. The second-order valence-electron chi connectivity index (χ2n) is 42.3. The Morgan fingerprint density at radius 2 is 0.542 bits per heavy atom. The standard InChI is InChI=1S/C50H47N.C40H43N.C37H37NO/c1-4-12-36(13-5-1)37-22-26-42(27-23-37)51(43-28-24-38(25-29-43)47-33-35-20-21-39(47)32-35)44-30-31-46-45-18-10-11-19-48(45)50(49(46)34-44,40-14-6-2-7-15-40)41-16-8-3-9-17-41;1-40(2)38-11-7-6-10-35(38)36-23-22-34(26-39(36)40)41(32-18-14-29(15-19-32)28-8-4-3-5-9-28)33-20-16-30(17-21-33)37-25-27-12-13-31(37)24-27;1-2-6-26(7-3-1)27-12-16-30(17-13-27)38(31-18-14-28(15-19-31)35-23-25-10-11-29(35)22-25)32-20-21-34-33-8-4-5-9-36(33)39-37(34)24-32/h2-3,6-11,14-19,22-31,34-36,39,47H,1,4-5,12-13,20-21,32-33H2;6-7,10-11,14-23,26-28,31,37H,3-5,8-9,12-13,24-25H2,1-2H3;4-5,8-9,12-21,24-26,29,35H,1-3,6-7,10-11,22-23H2. The van der Waals surface area contributed by atoms with Gasteiger partial charge in [-0.3, -0.25) is 0 Å². The smallest absolute Gasteiger partial charge is 0.137 e. The summed E-state index contributed by atoms with van der Waals surface area (Å²) >= 11 is 0. The van der Waals surface area contributed by atoms with Crippen LogP contribution >= 0.6 is 0 Å². The van der Waals surface area contributed by atoms with Gasteiger partial charge in [-0.1, -0.05) is 303 Å². The van der Waals surface area contributed by atoms with E-state index in [0.29, 0.717) is 11.8 Å². The van der Waals surface area contributed by atoms with Gasteiger partial charge in [0.25, 0.3) is 0 Å². The van der Waals surface area contributed by atoms with Crippen molar-refractivity contribution in [1.29, 1.82) is 0 Å². The van der Waals surface area contributed by atoms with E-state index in [1.54, 1.807) is 5.56 Å². The maximum atomic E-state index is 6.30. The van der Waals surface area contributed by atoms with E-state index >= 15 is 0 Å². The maximum absolute atomic E-state index is 6.30. The number of furan rings is 1. The van der Waals surface area contributed by atoms with Crippen LogP contribution < -0.4 is 14.7 Å². The van der Waals surface area contributed by atoms with Gasteiger partial charge in [-0.05, 0) is 372 Å². The van der Waals surface area contributed by atoms with Crippen molar-refractivity contribution in [3.8, 4) is 22.3 Å². The number of nitrogens with zero attached hydrogens (tertiary/aromatic N) is 3. The summed E-state index contributed by atoms with van der Waals surface area (Å²) in [4.78, 5) is 7.41. The Bertz CT molecular complexity index is 6520. The number of hydrogen-bond donors (Lipinski definition) is 0. The minimum atomic E-state index is -0.424. The van der Waals surface area contributed by atoms with Crippen LogP contribution in [-0.2, 0) is 10.8 Å². The zero-order chi connectivity index (χ0) is 87.1. The van der Waals surface area contributed by atoms with Crippen LogP contribution in [0, 0.1) is 35.5 Å². The first-order chi connectivity index (χ1) is 64.6. The molecule has 1 aromatic heterocycles. The molecule has 656 valence electrons. The van der Waals surface area contributed by atoms with Crippen LogP contribution in [0.15, 0.2) is 338 Å². The Kier molecular flexibility index (Phi) is 22.1. The number of fused-ring (bicyclic) bond motifs is 15. The summed E-state index contributed by atoms with van der Waals surface area (Å²) in [5.41, 5.74) is 35.2. The third kappa shape index (κ3) is 15.3. The molecule has 131 heavy (non-hydrogen) atoms. The molecule has 14 aromatic carbocycles. The second-order valence-corrected chi connectivity index (χ2v) is 42.3. The minimum absolute atomic E-state index is 0.00983. The molecule has 0 spiro atoms. The molecule has 9 fully saturated rings. The lowest BCUT2D eigenvalue weighted by molar-refractivity contribution is 0.420. The molecule has 26 rings (SSSR count). The normalized spacial score (nSPS) is 22.9. The summed E-state index contributed by atoms with van der Waals surface area (Å²) in [6.07, 6.45) is 37.5. The molecule has 9 unspecified atom stereocenters. The molecule has 9 atom stereocenters. The molecule has 4 heteroatoms. The Hall–Kier alpha value is -11.7. The van der Waals surface area contributed by atoms with E-state index in [0.717, 1.165) is 76.0 Å². The van der Waals surface area contributed by atoms with Gasteiger partial charge in [0, 0.05) is 73.4 Å². The summed E-state index contributed by atoms with van der Waals surface area (Å²) < 4.78 is 6.30. The molecule has 15 aromatic rings. The highest BCUT2D eigenvalue weighted by Crippen LogP contribution is 2.61. The van der Waals surface area contributed by atoms with Crippen LogP contribution in [0.25, 0.3) is 44.2 Å². The van der Waals surface area contributed by atoms with Gasteiger partial charge < -0.3 is 19.1 Å². The van der Waals surface area contributed by atoms with E-state index in [1.165, 1.54) is 313 Å². The number of rotatable bonds is 17. The Morgan fingerprint density at radius 1 is 0.229 bits per heavy atom. The molecule has 4 nitrogen and oxygen atoms in total. The fraction of sp³-hybridized carbons (Fsp3) is 0.339. The predicted octanol–water partition coefficient (Wildman–Crippen LogP) is 35.9. The first-order valence-electron chi connectivity index (χ1n) is 51.1. The molecule has 0 saturated heterocycles. The largest absolute Gasteiger partial charge is 0.456 e. The second kappa shape index (κ2) is 35.1. The SMILES string of the molecule is CC1(C)c2ccccc2-c2ccc(N(c3ccc(C4CCCCC4)cc3)c3ccc(C4CC5CCC4C5)cc3)cc21.c1ccc(C2(c3ccccc3)c3ccccc3-c3ccc(N(c4ccc(C5CCCCC5)cc4)c4ccc(C5CC6CCC5C6)cc4)cc32)cc1.c1ccc2c(c1)oc1cc(N(c3ccc(C4CCCCC4)cc3)c3ccc(C4CC5CCC4C5)cc3)ccc12. The molecule has 0 radical (unpaired) electrons. The van der Waals surface area contributed by atoms with E-state index in [-0.39, 0.29) is 5.41 Å². The lowest BCUT2D eigenvalue weighted by atomic mass is 9.67. The van der Waals surface area contributed by atoms with E-state index < -0.39 is 5.41 Å². The van der Waals surface area contributed by atoms with Gasteiger partial charge in [-0.15, -0.1) is 0 Å². The molecule has 6 bridgehead atoms. The molecular weight excluding hydrogens is 1580 g/mol. The molecule has 11 aliphatic rings. The summed E-state index contributed by atoms with van der Waals surface area (Å²) in [5, 5.41) is 2.35. The summed E-state index contributed by atoms with van der Waals surface area (Å²) in [7, 11) is 0. The number of benzene rings is 14.